The maximum absolute atomic E-state index is 13.2. The van der Waals surface area contributed by atoms with E-state index in [1.807, 2.05) is 0 Å². The normalized spacial score (nSPS) is 16.5. The Labute approximate surface area is 138 Å². The average Bonchev–Trinajstić information content (AvgIpc) is 3.04. The molecule has 8 heteroatoms. The Bertz CT molecular complexity index is 550. The summed E-state index contributed by atoms with van der Waals surface area (Å²) in [7, 11) is 2.89. The molecule has 1 aliphatic carbocycles. The van der Waals surface area contributed by atoms with Crippen LogP contribution in [0.2, 0.25) is 0 Å². The van der Waals surface area contributed by atoms with Gasteiger partial charge in [0.25, 0.3) is 0 Å². The molecule has 0 saturated heterocycles. The molecule has 0 bridgehead atoms. The van der Waals surface area contributed by atoms with E-state index in [9.17, 15) is 18.0 Å². The number of rotatable bonds is 5. The number of hydrogen-bond acceptors (Lipinski definition) is 3. The molecule has 0 radical (unpaired) electrons. The number of amides is 2. The zero-order valence-corrected chi connectivity index (χ0v) is 13.6. The highest BCUT2D eigenvalue weighted by Gasteiger charge is 2.46. The van der Waals surface area contributed by atoms with Crippen molar-refractivity contribution in [3.8, 4) is 11.5 Å². The first-order valence-electron chi connectivity index (χ1n) is 7.71. The fourth-order valence-electron chi connectivity index (χ4n) is 2.95. The van der Waals surface area contributed by atoms with Crippen LogP contribution in [0.3, 0.4) is 0 Å². The highest BCUT2D eigenvalue weighted by Crippen LogP contribution is 2.35. The van der Waals surface area contributed by atoms with Gasteiger partial charge in [0.2, 0.25) is 0 Å². The van der Waals surface area contributed by atoms with E-state index in [1.54, 1.807) is 6.07 Å². The van der Waals surface area contributed by atoms with Crippen molar-refractivity contribution in [1.29, 1.82) is 0 Å². The summed E-state index contributed by atoms with van der Waals surface area (Å²) in [6, 6.07) is 1.85. The predicted molar refractivity (Wildman–Crippen MR) is 83.5 cm³/mol. The smallest absolute Gasteiger partial charge is 0.408 e. The van der Waals surface area contributed by atoms with Gasteiger partial charge < -0.3 is 20.1 Å². The molecule has 1 fully saturated rings. The summed E-state index contributed by atoms with van der Waals surface area (Å²) in [5.74, 6) is 0.274. The third-order valence-electron chi connectivity index (χ3n) is 4.12. The fourth-order valence-corrected chi connectivity index (χ4v) is 2.95. The molecular weight excluding hydrogens is 325 g/mol. The number of urea groups is 1. The summed E-state index contributed by atoms with van der Waals surface area (Å²) >= 11 is 0. The van der Waals surface area contributed by atoms with E-state index in [0.717, 1.165) is 12.8 Å². The third kappa shape index (κ3) is 4.69. The van der Waals surface area contributed by atoms with Crippen molar-refractivity contribution in [2.24, 2.45) is 5.92 Å². The predicted octanol–water partition coefficient (Wildman–Crippen LogP) is 3.95. The molecule has 1 atom stereocenters. The molecular formula is C16H21F3N2O3. The topological polar surface area (TPSA) is 59.6 Å². The second-order valence-electron chi connectivity index (χ2n) is 5.76. The first-order valence-corrected chi connectivity index (χ1v) is 7.71. The summed E-state index contributed by atoms with van der Waals surface area (Å²) in [5.41, 5.74) is 0.288. The molecule has 2 rings (SSSR count). The van der Waals surface area contributed by atoms with Crippen LogP contribution in [0.5, 0.6) is 11.5 Å². The molecule has 0 aromatic heterocycles. The molecule has 1 aromatic rings. The number of carbonyl (C=O) groups excluding carboxylic acids is 1. The van der Waals surface area contributed by atoms with Gasteiger partial charge in [-0.2, -0.15) is 13.2 Å². The van der Waals surface area contributed by atoms with Gasteiger partial charge in [-0.3, -0.25) is 0 Å². The number of halogens is 3. The minimum atomic E-state index is -4.47. The number of carbonyl (C=O) groups is 1. The minimum absolute atomic E-state index is 0.288. The van der Waals surface area contributed by atoms with Crippen LogP contribution in [0.25, 0.3) is 0 Å². The summed E-state index contributed by atoms with van der Waals surface area (Å²) in [4.78, 5) is 12.0. The summed E-state index contributed by atoms with van der Waals surface area (Å²) < 4.78 is 49.8. The van der Waals surface area contributed by atoms with Gasteiger partial charge in [-0.1, -0.05) is 12.8 Å². The third-order valence-corrected chi connectivity index (χ3v) is 4.12. The Morgan fingerprint density at radius 1 is 1.12 bits per heavy atom. The molecule has 0 spiro atoms. The molecule has 0 aliphatic heterocycles. The van der Waals surface area contributed by atoms with Crippen LogP contribution in [-0.2, 0) is 0 Å². The van der Waals surface area contributed by atoms with Crippen LogP contribution in [0.15, 0.2) is 18.2 Å². The Hall–Kier alpha value is -2.12. The van der Waals surface area contributed by atoms with E-state index in [2.05, 4.69) is 10.6 Å². The van der Waals surface area contributed by atoms with Gasteiger partial charge in [-0.25, -0.2) is 4.79 Å². The van der Waals surface area contributed by atoms with Gasteiger partial charge in [0.05, 0.1) is 14.2 Å². The lowest BCUT2D eigenvalue weighted by molar-refractivity contribution is -0.164. The highest BCUT2D eigenvalue weighted by molar-refractivity contribution is 5.90. The molecule has 2 amide bonds. The lowest BCUT2D eigenvalue weighted by Gasteiger charge is -2.27. The van der Waals surface area contributed by atoms with E-state index >= 15 is 0 Å². The number of nitrogens with one attached hydrogen (secondary N) is 2. The van der Waals surface area contributed by atoms with Gasteiger partial charge in [-0.05, 0) is 18.8 Å². The van der Waals surface area contributed by atoms with E-state index in [1.165, 1.54) is 26.4 Å². The van der Waals surface area contributed by atoms with Crippen LogP contribution >= 0.6 is 0 Å². The van der Waals surface area contributed by atoms with Crippen molar-refractivity contribution >= 4 is 11.7 Å². The molecule has 1 saturated carbocycles. The lowest BCUT2D eigenvalue weighted by atomic mass is 9.98. The van der Waals surface area contributed by atoms with Crippen LogP contribution < -0.4 is 20.1 Å². The van der Waals surface area contributed by atoms with E-state index in [4.69, 9.17) is 9.47 Å². The quantitative estimate of drug-likeness (QED) is 0.849. The number of benzene rings is 1. The van der Waals surface area contributed by atoms with Crippen molar-refractivity contribution in [1.82, 2.24) is 5.32 Å². The Morgan fingerprint density at radius 2 is 1.67 bits per heavy atom. The SMILES string of the molecule is COc1cc(NC(=O)N[C@@H](C2CCCC2)C(F)(F)F)cc(OC)c1. The van der Waals surface area contributed by atoms with Crippen molar-refractivity contribution in [3.63, 3.8) is 0 Å². The highest BCUT2D eigenvalue weighted by atomic mass is 19.4. The minimum Gasteiger partial charge on any atom is -0.497 e. The fraction of sp³-hybridized carbons (Fsp3) is 0.562. The first kappa shape index (κ1) is 18.2. The standard InChI is InChI=1S/C16H21F3N2O3/c1-23-12-7-11(8-13(9-12)24-2)20-15(22)21-14(16(17,18)19)10-5-3-4-6-10/h7-10,14H,3-6H2,1-2H3,(H2,20,21,22)/t14-/m0/s1. The summed E-state index contributed by atoms with van der Waals surface area (Å²) in [6.45, 7) is 0. The molecule has 0 unspecified atom stereocenters. The summed E-state index contributed by atoms with van der Waals surface area (Å²) in [6.07, 6.45) is -2.02. The molecule has 0 heterocycles. The van der Waals surface area contributed by atoms with Gasteiger partial charge in [0.15, 0.2) is 0 Å². The Kier molecular flexibility index (Phi) is 5.80. The van der Waals surface area contributed by atoms with E-state index in [-0.39, 0.29) is 5.69 Å². The Balaban J connectivity index is 2.08. The number of alkyl halides is 3. The monoisotopic (exact) mass is 346 g/mol. The van der Waals surface area contributed by atoms with Gasteiger partial charge in [0, 0.05) is 23.9 Å². The molecule has 134 valence electrons. The number of hydrogen-bond donors (Lipinski definition) is 2. The van der Waals surface area contributed by atoms with Crippen LogP contribution in [0, 0.1) is 5.92 Å². The number of methoxy groups -OCH3 is 2. The van der Waals surface area contributed by atoms with E-state index in [0.29, 0.717) is 24.3 Å². The zero-order chi connectivity index (χ0) is 17.7. The van der Waals surface area contributed by atoms with Gasteiger partial charge in [0.1, 0.15) is 17.5 Å². The average molecular weight is 346 g/mol. The second kappa shape index (κ2) is 7.63. The maximum Gasteiger partial charge on any atom is 0.408 e. The van der Waals surface area contributed by atoms with Gasteiger partial charge in [-0.15, -0.1) is 0 Å². The number of anilines is 1. The first-order chi connectivity index (χ1) is 11.3. The van der Waals surface area contributed by atoms with Crippen molar-refractivity contribution in [3.05, 3.63) is 18.2 Å². The van der Waals surface area contributed by atoms with Crippen molar-refractivity contribution < 1.29 is 27.4 Å². The van der Waals surface area contributed by atoms with Gasteiger partial charge >= 0.3 is 12.2 Å². The van der Waals surface area contributed by atoms with Crippen LogP contribution in [0.4, 0.5) is 23.7 Å². The van der Waals surface area contributed by atoms with Crippen molar-refractivity contribution in [2.45, 2.75) is 37.9 Å². The van der Waals surface area contributed by atoms with Crippen LogP contribution in [-0.4, -0.2) is 32.5 Å². The van der Waals surface area contributed by atoms with Crippen molar-refractivity contribution in [2.75, 3.05) is 19.5 Å². The largest absolute Gasteiger partial charge is 0.497 e. The molecule has 1 aliphatic rings. The second-order valence-corrected chi connectivity index (χ2v) is 5.76. The molecule has 5 nitrogen and oxygen atoms in total. The maximum atomic E-state index is 13.2. The molecule has 24 heavy (non-hydrogen) atoms. The van der Waals surface area contributed by atoms with E-state index < -0.39 is 24.2 Å². The van der Waals surface area contributed by atoms with Crippen LogP contribution in [0.1, 0.15) is 25.7 Å². The molecule has 1 aromatic carbocycles. The molecule has 2 N–H and O–H groups in total. The number of ether oxygens (including phenoxy) is 2. The Morgan fingerprint density at radius 3 is 2.12 bits per heavy atom. The zero-order valence-electron chi connectivity index (χ0n) is 13.6. The summed E-state index contributed by atoms with van der Waals surface area (Å²) in [5, 5.41) is 4.47. The lowest BCUT2D eigenvalue weighted by Crippen LogP contribution is -2.50.